The highest BCUT2D eigenvalue weighted by molar-refractivity contribution is 5.85. The fourth-order valence-electron chi connectivity index (χ4n) is 2.28. The first-order valence-corrected chi connectivity index (χ1v) is 7.51. The van der Waals surface area contributed by atoms with Gasteiger partial charge in [-0.05, 0) is 17.7 Å². The molecule has 2 aromatic rings. The first kappa shape index (κ1) is 20.7. The standard InChI is InChI=1S/C17H20N2O5.ClH/c20-14(15-7-4-8-24-15)11-19(10-13-5-2-1-3-6-13)12-16(21)18-9-17(22)23;/h1-8,14,20H,9-12H2,(H,18,21)(H,22,23);1H. The fourth-order valence-corrected chi connectivity index (χ4v) is 2.28. The molecule has 0 radical (unpaired) electrons. The number of aliphatic hydroxyl groups excluding tert-OH is 1. The number of carboxylic acid groups (broad SMARTS) is 1. The molecule has 0 aliphatic carbocycles. The predicted molar refractivity (Wildman–Crippen MR) is 93.3 cm³/mol. The van der Waals surface area contributed by atoms with Crippen molar-refractivity contribution in [1.82, 2.24) is 10.2 Å². The Kier molecular flexibility index (Phi) is 8.69. The van der Waals surface area contributed by atoms with E-state index in [-0.39, 0.29) is 25.5 Å². The minimum absolute atomic E-state index is 0. The van der Waals surface area contributed by atoms with Gasteiger partial charge in [0.2, 0.25) is 5.91 Å². The van der Waals surface area contributed by atoms with Crippen molar-refractivity contribution in [3.05, 3.63) is 60.1 Å². The SMILES string of the molecule is Cl.O=C(O)CNC(=O)CN(Cc1ccccc1)CC(O)c1ccco1. The lowest BCUT2D eigenvalue weighted by molar-refractivity contribution is -0.138. The van der Waals surface area contributed by atoms with Gasteiger partial charge in [-0.2, -0.15) is 0 Å². The number of carboxylic acids is 1. The van der Waals surface area contributed by atoms with Crippen LogP contribution in [0, 0.1) is 0 Å². The van der Waals surface area contributed by atoms with Gasteiger partial charge in [0.25, 0.3) is 0 Å². The number of nitrogens with zero attached hydrogens (tertiary/aromatic N) is 1. The molecule has 1 atom stereocenters. The Hall–Kier alpha value is -2.35. The van der Waals surface area contributed by atoms with E-state index in [2.05, 4.69) is 5.32 Å². The van der Waals surface area contributed by atoms with E-state index in [1.54, 1.807) is 17.0 Å². The number of nitrogens with one attached hydrogen (secondary N) is 1. The number of halogens is 1. The summed E-state index contributed by atoms with van der Waals surface area (Å²) in [4.78, 5) is 24.2. The first-order chi connectivity index (χ1) is 11.5. The molecule has 1 heterocycles. The van der Waals surface area contributed by atoms with Gasteiger partial charge < -0.3 is 19.9 Å². The highest BCUT2D eigenvalue weighted by Crippen LogP contribution is 2.16. The van der Waals surface area contributed by atoms with E-state index in [1.165, 1.54) is 6.26 Å². The van der Waals surface area contributed by atoms with Gasteiger partial charge >= 0.3 is 5.97 Å². The summed E-state index contributed by atoms with van der Waals surface area (Å²) in [5.74, 6) is -1.10. The summed E-state index contributed by atoms with van der Waals surface area (Å²) in [7, 11) is 0. The van der Waals surface area contributed by atoms with Gasteiger partial charge in [-0.3, -0.25) is 14.5 Å². The lowest BCUT2D eigenvalue weighted by Crippen LogP contribution is -2.40. The maximum absolute atomic E-state index is 11.9. The van der Waals surface area contributed by atoms with Crippen LogP contribution in [0.15, 0.2) is 53.1 Å². The maximum atomic E-state index is 11.9. The van der Waals surface area contributed by atoms with Crippen molar-refractivity contribution < 1.29 is 24.2 Å². The summed E-state index contributed by atoms with van der Waals surface area (Å²) >= 11 is 0. The topological polar surface area (TPSA) is 103 Å². The summed E-state index contributed by atoms with van der Waals surface area (Å²) in [5, 5.41) is 21.2. The molecule has 1 amide bonds. The monoisotopic (exact) mass is 368 g/mol. The molecular formula is C17H21ClN2O5. The molecule has 2 rings (SSSR count). The maximum Gasteiger partial charge on any atom is 0.322 e. The average molecular weight is 369 g/mol. The number of rotatable bonds is 9. The quantitative estimate of drug-likeness (QED) is 0.619. The molecule has 25 heavy (non-hydrogen) atoms. The molecule has 136 valence electrons. The van der Waals surface area contributed by atoms with Crippen molar-refractivity contribution in [2.24, 2.45) is 0 Å². The zero-order valence-corrected chi connectivity index (χ0v) is 14.3. The molecule has 3 N–H and O–H groups in total. The molecule has 1 aromatic carbocycles. The van der Waals surface area contributed by atoms with Crippen LogP contribution >= 0.6 is 12.4 Å². The summed E-state index contributed by atoms with van der Waals surface area (Å²) in [5.41, 5.74) is 0.982. The van der Waals surface area contributed by atoms with E-state index in [0.717, 1.165) is 5.56 Å². The number of furan rings is 1. The van der Waals surface area contributed by atoms with Crippen LogP contribution in [0.25, 0.3) is 0 Å². The third-order valence-corrected chi connectivity index (χ3v) is 3.36. The van der Waals surface area contributed by atoms with Crippen LogP contribution in [0.5, 0.6) is 0 Å². The second kappa shape index (κ2) is 10.5. The smallest absolute Gasteiger partial charge is 0.322 e. The summed E-state index contributed by atoms with van der Waals surface area (Å²) in [6, 6.07) is 12.9. The van der Waals surface area contributed by atoms with Crippen LogP contribution in [-0.4, -0.2) is 46.6 Å². The molecule has 1 unspecified atom stereocenters. The van der Waals surface area contributed by atoms with E-state index >= 15 is 0 Å². The van der Waals surface area contributed by atoms with Gasteiger partial charge in [0.05, 0.1) is 12.8 Å². The van der Waals surface area contributed by atoms with Crippen LogP contribution in [0.4, 0.5) is 0 Å². The molecule has 0 spiro atoms. The Morgan fingerprint density at radius 3 is 2.48 bits per heavy atom. The third kappa shape index (κ3) is 7.38. The van der Waals surface area contributed by atoms with Gasteiger partial charge in [-0.25, -0.2) is 0 Å². The Balaban J connectivity index is 0.00000312. The molecule has 0 bridgehead atoms. The summed E-state index contributed by atoms with van der Waals surface area (Å²) < 4.78 is 5.18. The molecule has 1 aromatic heterocycles. The van der Waals surface area contributed by atoms with Crippen molar-refractivity contribution in [3.63, 3.8) is 0 Å². The summed E-state index contributed by atoms with van der Waals surface area (Å²) in [6.45, 7) is 0.167. The number of benzene rings is 1. The summed E-state index contributed by atoms with van der Waals surface area (Å²) in [6.07, 6.45) is 0.593. The minimum Gasteiger partial charge on any atom is -0.480 e. The Bertz CT molecular complexity index is 648. The Labute approximate surface area is 151 Å². The molecule has 8 heteroatoms. The highest BCUT2D eigenvalue weighted by Gasteiger charge is 2.18. The van der Waals surface area contributed by atoms with E-state index in [0.29, 0.717) is 12.3 Å². The predicted octanol–water partition coefficient (Wildman–Crippen LogP) is 1.44. The number of carbonyl (C=O) groups excluding carboxylic acids is 1. The third-order valence-electron chi connectivity index (χ3n) is 3.36. The number of aliphatic carboxylic acids is 1. The second-order valence-electron chi connectivity index (χ2n) is 5.36. The number of hydrogen-bond donors (Lipinski definition) is 3. The van der Waals surface area contributed by atoms with Gasteiger partial charge in [-0.1, -0.05) is 30.3 Å². The van der Waals surface area contributed by atoms with Crippen molar-refractivity contribution in [2.45, 2.75) is 12.6 Å². The second-order valence-corrected chi connectivity index (χ2v) is 5.36. The lowest BCUT2D eigenvalue weighted by atomic mass is 10.2. The molecule has 0 aliphatic rings. The van der Waals surface area contributed by atoms with Crippen molar-refractivity contribution in [3.8, 4) is 0 Å². The Morgan fingerprint density at radius 1 is 1.16 bits per heavy atom. The van der Waals surface area contributed by atoms with Crippen LogP contribution in [-0.2, 0) is 16.1 Å². The molecule has 0 fully saturated rings. The average Bonchev–Trinajstić information content (AvgIpc) is 3.08. The number of hydrogen-bond acceptors (Lipinski definition) is 5. The molecular weight excluding hydrogens is 348 g/mol. The molecule has 0 saturated heterocycles. The van der Waals surface area contributed by atoms with Crippen LogP contribution in [0.1, 0.15) is 17.4 Å². The van der Waals surface area contributed by atoms with Crippen LogP contribution in [0.2, 0.25) is 0 Å². The zero-order valence-electron chi connectivity index (χ0n) is 13.5. The number of aliphatic hydroxyl groups is 1. The van der Waals surface area contributed by atoms with Gasteiger partial charge in [0.1, 0.15) is 18.4 Å². The van der Waals surface area contributed by atoms with E-state index < -0.39 is 24.5 Å². The fraction of sp³-hybridized carbons (Fsp3) is 0.294. The highest BCUT2D eigenvalue weighted by atomic mass is 35.5. The number of amides is 1. The van der Waals surface area contributed by atoms with Gasteiger partial charge in [-0.15, -0.1) is 12.4 Å². The minimum atomic E-state index is -1.10. The molecule has 0 aliphatic heterocycles. The lowest BCUT2D eigenvalue weighted by Gasteiger charge is -2.23. The van der Waals surface area contributed by atoms with E-state index in [1.807, 2.05) is 30.3 Å². The molecule has 0 saturated carbocycles. The van der Waals surface area contributed by atoms with Gasteiger partial charge in [0.15, 0.2) is 0 Å². The van der Waals surface area contributed by atoms with Crippen LogP contribution < -0.4 is 5.32 Å². The van der Waals surface area contributed by atoms with Crippen molar-refractivity contribution >= 4 is 24.3 Å². The molecule has 7 nitrogen and oxygen atoms in total. The van der Waals surface area contributed by atoms with E-state index in [4.69, 9.17) is 9.52 Å². The largest absolute Gasteiger partial charge is 0.480 e. The van der Waals surface area contributed by atoms with Crippen molar-refractivity contribution in [1.29, 1.82) is 0 Å². The van der Waals surface area contributed by atoms with Gasteiger partial charge in [0, 0.05) is 13.1 Å². The first-order valence-electron chi connectivity index (χ1n) is 7.51. The van der Waals surface area contributed by atoms with Crippen LogP contribution in [0.3, 0.4) is 0 Å². The zero-order chi connectivity index (χ0) is 17.4. The van der Waals surface area contributed by atoms with Crippen molar-refractivity contribution in [2.75, 3.05) is 19.6 Å². The number of carbonyl (C=O) groups is 2. The van der Waals surface area contributed by atoms with E-state index in [9.17, 15) is 14.7 Å². The normalized spacial score (nSPS) is 11.6. The Morgan fingerprint density at radius 2 is 1.88 bits per heavy atom.